The molecule has 1 amide bonds. The van der Waals surface area contributed by atoms with Gasteiger partial charge in [0, 0.05) is 71.3 Å². The van der Waals surface area contributed by atoms with Crippen molar-refractivity contribution in [3.63, 3.8) is 0 Å². The number of ether oxygens (including phenoxy) is 2. The molecule has 0 unspecified atom stereocenters. The summed E-state index contributed by atoms with van der Waals surface area (Å²) in [5.41, 5.74) is 7.91. The fourth-order valence-corrected chi connectivity index (χ4v) is 7.48. The van der Waals surface area contributed by atoms with E-state index < -0.39 is 0 Å². The fourth-order valence-electron chi connectivity index (χ4n) is 6.53. The van der Waals surface area contributed by atoms with E-state index in [-0.39, 0.29) is 24.4 Å². The molecule has 5 aromatic rings. The van der Waals surface area contributed by atoms with Crippen LogP contribution in [0.25, 0.3) is 43.7 Å². The number of fused-ring (bicyclic) bond motifs is 2. The van der Waals surface area contributed by atoms with Crippen LogP contribution in [0, 0.1) is 5.82 Å². The summed E-state index contributed by atoms with van der Waals surface area (Å²) in [6.07, 6.45) is 7.87. The molecule has 1 fully saturated rings. The van der Waals surface area contributed by atoms with Crippen LogP contribution in [-0.4, -0.2) is 65.5 Å². The molecule has 236 valence electrons. The van der Waals surface area contributed by atoms with E-state index in [0.717, 1.165) is 76.1 Å². The van der Waals surface area contributed by atoms with Gasteiger partial charge in [0.2, 0.25) is 5.91 Å². The predicted molar refractivity (Wildman–Crippen MR) is 180 cm³/mol. The Morgan fingerprint density at radius 1 is 1.11 bits per heavy atom. The van der Waals surface area contributed by atoms with Crippen molar-refractivity contribution in [3.05, 3.63) is 89.8 Å². The topological polar surface area (TPSA) is 81.5 Å². The van der Waals surface area contributed by atoms with E-state index in [1.54, 1.807) is 24.5 Å². The van der Waals surface area contributed by atoms with Gasteiger partial charge < -0.3 is 19.7 Å². The number of pyridine rings is 1. The summed E-state index contributed by atoms with van der Waals surface area (Å²) in [6.45, 7) is 7.44. The number of hydrogen-bond donors (Lipinski definition) is 1. The fraction of sp³-hybridized carbons (Fsp3) is 0.306. The highest BCUT2D eigenvalue weighted by molar-refractivity contribution is 7.18. The van der Waals surface area contributed by atoms with Crippen LogP contribution in [0.15, 0.2) is 72.9 Å². The van der Waals surface area contributed by atoms with E-state index in [1.165, 1.54) is 29.3 Å². The van der Waals surface area contributed by atoms with Gasteiger partial charge in [0.05, 0.1) is 30.2 Å². The van der Waals surface area contributed by atoms with Crippen molar-refractivity contribution >= 4 is 27.3 Å². The molecule has 2 aliphatic heterocycles. The maximum atomic E-state index is 14.6. The van der Waals surface area contributed by atoms with Gasteiger partial charge in [0.15, 0.2) is 0 Å². The number of amides is 1. The number of aromatic nitrogens is 3. The van der Waals surface area contributed by atoms with Crippen molar-refractivity contribution in [3.8, 4) is 39.4 Å². The molecule has 46 heavy (non-hydrogen) atoms. The lowest BCUT2D eigenvalue weighted by molar-refractivity contribution is -0.127. The molecule has 0 bridgehead atoms. The summed E-state index contributed by atoms with van der Waals surface area (Å²) >= 11 is 1.64. The molecule has 3 aromatic heterocycles. The second kappa shape index (κ2) is 13.2. The number of piperidine rings is 1. The highest BCUT2D eigenvalue weighted by Gasteiger charge is 2.26. The third-order valence-corrected chi connectivity index (χ3v) is 9.86. The number of methoxy groups -OCH3 is 1. The summed E-state index contributed by atoms with van der Waals surface area (Å²) < 4.78 is 29.0. The number of nitrogens with one attached hydrogen (secondary N) is 1. The van der Waals surface area contributed by atoms with Crippen LogP contribution in [0.4, 0.5) is 4.39 Å². The van der Waals surface area contributed by atoms with Gasteiger partial charge in [-0.05, 0) is 72.7 Å². The Balaban J connectivity index is 1.37. The third-order valence-electron chi connectivity index (χ3n) is 8.93. The highest BCUT2D eigenvalue weighted by Crippen LogP contribution is 2.46. The van der Waals surface area contributed by atoms with E-state index in [9.17, 15) is 9.18 Å². The van der Waals surface area contributed by atoms with E-state index >= 15 is 0 Å². The predicted octanol–water partition coefficient (Wildman–Crippen LogP) is 6.65. The average molecular weight is 638 g/mol. The summed E-state index contributed by atoms with van der Waals surface area (Å²) in [5, 5.41) is 11.4. The minimum absolute atomic E-state index is 0.0357. The highest BCUT2D eigenvalue weighted by atomic mass is 32.1. The van der Waals surface area contributed by atoms with Gasteiger partial charge in [-0.15, -0.1) is 11.3 Å². The van der Waals surface area contributed by atoms with Crippen LogP contribution in [0.3, 0.4) is 0 Å². The van der Waals surface area contributed by atoms with E-state index in [2.05, 4.69) is 47.7 Å². The molecule has 2 aliphatic rings. The Labute approximate surface area is 271 Å². The molecular formula is C36H36FN5O3S. The molecule has 2 aromatic carbocycles. The van der Waals surface area contributed by atoms with Crippen LogP contribution in [0.5, 0.6) is 5.75 Å². The lowest BCUT2D eigenvalue weighted by Gasteiger charge is -2.31. The first-order chi connectivity index (χ1) is 22.5. The van der Waals surface area contributed by atoms with Gasteiger partial charge >= 0.3 is 0 Å². The molecule has 0 radical (unpaired) electrons. The first-order valence-corrected chi connectivity index (χ1v) is 16.5. The second-order valence-corrected chi connectivity index (χ2v) is 12.6. The first-order valence-electron chi connectivity index (χ1n) is 15.7. The lowest BCUT2D eigenvalue weighted by Crippen LogP contribution is -2.38. The Morgan fingerprint density at radius 2 is 1.98 bits per heavy atom. The molecule has 0 atom stereocenters. The Bertz CT molecular complexity index is 1910. The summed E-state index contributed by atoms with van der Waals surface area (Å²) in [7, 11) is 1.61. The van der Waals surface area contributed by atoms with E-state index in [1.807, 2.05) is 15.8 Å². The van der Waals surface area contributed by atoms with Gasteiger partial charge in [0.1, 0.15) is 18.2 Å². The number of rotatable bonds is 9. The van der Waals surface area contributed by atoms with E-state index in [0.29, 0.717) is 25.4 Å². The number of carbonyl (C=O) groups excluding carboxylic acids is 1. The zero-order valence-corrected chi connectivity index (χ0v) is 26.6. The van der Waals surface area contributed by atoms with E-state index in [4.69, 9.17) is 19.6 Å². The zero-order valence-electron chi connectivity index (χ0n) is 25.8. The van der Waals surface area contributed by atoms with Gasteiger partial charge in [-0.3, -0.25) is 9.48 Å². The second-order valence-electron chi connectivity index (χ2n) is 11.7. The van der Waals surface area contributed by atoms with Crippen LogP contribution in [-0.2, 0) is 22.5 Å². The maximum absolute atomic E-state index is 14.6. The van der Waals surface area contributed by atoms with Crippen molar-refractivity contribution in [2.75, 3.05) is 40.0 Å². The minimum Gasteiger partial charge on any atom is -0.490 e. The molecule has 10 heteroatoms. The molecule has 5 heterocycles. The van der Waals surface area contributed by atoms with Gasteiger partial charge in [-0.2, -0.15) is 5.10 Å². The van der Waals surface area contributed by atoms with Crippen LogP contribution in [0.1, 0.15) is 30.0 Å². The number of benzene rings is 2. The summed E-state index contributed by atoms with van der Waals surface area (Å²) in [4.78, 5) is 19.4. The zero-order chi connectivity index (χ0) is 31.6. The monoisotopic (exact) mass is 637 g/mol. The number of likely N-dealkylation sites (tertiary alicyclic amines) is 1. The number of carbonyl (C=O) groups is 1. The smallest absolute Gasteiger partial charge is 0.245 e. The molecule has 1 saturated heterocycles. The third kappa shape index (κ3) is 5.84. The number of hydrogen-bond acceptors (Lipinski definition) is 7. The molecule has 1 N–H and O–H groups in total. The maximum Gasteiger partial charge on any atom is 0.245 e. The van der Waals surface area contributed by atoms with Crippen LogP contribution in [0.2, 0.25) is 0 Å². The minimum atomic E-state index is -0.373. The van der Waals surface area contributed by atoms with Crippen molar-refractivity contribution in [2.45, 2.75) is 31.8 Å². The quantitative estimate of drug-likeness (QED) is 0.144. The lowest BCUT2D eigenvalue weighted by atomic mass is 9.93. The van der Waals surface area contributed by atoms with Crippen molar-refractivity contribution in [2.24, 2.45) is 0 Å². The summed E-state index contributed by atoms with van der Waals surface area (Å²) in [5.74, 6) is 0.0318. The van der Waals surface area contributed by atoms with Gasteiger partial charge in [0.25, 0.3) is 0 Å². The average Bonchev–Trinajstić information content (AvgIpc) is 3.79. The molecule has 0 saturated carbocycles. The molecule has 0 spiro atoms. The SMILES string of the molecule is C=CC(=O)N1CCC(n2cc(-c3nc(-c4ccc5c(c4)CCNC5)c4ccsc4c3-c3ccc(F)cc3OCCOC)cn2)CC1. The van der Waals surface area contributed by atoms with Crippen molar-refractivity contribution in [1.29, 1.82) is 0 Å². The number of thiophene rings is 1. The van der Waals surface area contributed by atoms with Crippen LogP contribution < -0.4 is 10.1 Å². The van der Waals surface area contributed by atoms with Gasteiger partial charge in [-0.1, -0.05) is 18.7 Å². The molecular weight excluding hydrogens is 601 g/mol. The summed E-state index contributed by atoms with van der Waals surface area (Å²) in [6, 6.07) is 13.6. The standard InChI is InChI=1S/C36H36FN5O3S/c1-3-32(43)41-13-9-28(10-14-41)42-22-26(21-39-42)35-33(29-7-6-27(37)19-31(29)45-16-15-44-2)36-30(11-17-46-36)34(40-35)24-4-5-25-20-38-12-8-23(25)18-24/h3-7,11,17-19,21-22,28,38H,1,8-10,12-16,20H2,2H3. The Kier molecular flexibility index (Phi) is 8.66. The Hall–Kier alpha value is -4.38. The van der Waals surface area contributed by atoms with Crippen LogP contribution >= 0.6 is 11.3 Å². The molecule has 8 nitrogen and oxygen atoms in total. The molecule has 0 aliphatic carbocycles. The Morgan fingerprint density at radius 3 is 2.80 bits per heavy atom. The van der Waals surface area contributed by atoms with Gasteiger partial charge in [-0.25, -0.2) is 9.37 Å². The number of nitrogens with zero attached hydrogens (tertiary/aromatic N) is 4. The molecule has 7 rings (SSSR count). The largest absolute Gasteiger partial charge is 0.490 e. The van der Waals surface area contributed by atoms with Crippen molar-refractivity contribution in [1.82, 2.24) is 25.0 Å². The van der Waals surface area contributed by atoms with Crippen molar-refractivity contribution < 1.29 is 18.7 Å². The number of halogens is 1. The first kappa shape index (κ1) is 30.3. The normalized spacial score (nSPS) is 15.2.